The molecule has 0 bridgehead atoms. The summed E-state index contributed by atoms with van der Waals surface area (Å²) >= 11 is 0. The molecule has 24 heavy (non-hydrogen) atoms. The maximum atomic E-state index is 12.4. The van der Waals surface area contributed by atoms with Crippen LogP contribution in [0, 0.1) is 5.41 Å². The van der Waals surface area contributed by atoms with E-state index in [1.54, 1.807) is 0 Å². The van der Waals surface area contributed by atoms with E-state index in [-0.39, 0.29) is 5.91 Å². The number of hydrogen-bond donors (Lipinski definition) is 1. The van der Waals surface area contributed by atoms with Gasteiger partial charge in [-0.1, -0.05) is 69.3 Å². The highest BCUT2D eigenvalue weighted by atomic mass is 16.4. The fourth-order valence-electron chi connectivity index (χ4n) is 2.19. The SMILES string of the molecule is CC(C)(C)C(=O)Nc1oc(-c2ccccc2)nc1-c1ccccc1. The number of oxazole rings is 1. The van der Waals surface area contributed by atoms with Gasteiger partial charge in [0.2, 0.25) is 17.7 Å². The molecule has 1 N–H and O–H groups in total. The highest BCUT2D eigenvalue weighted by Crippen LogP contribution is 2.33. The normalized spacial score (nSPS) is 11.3. The van der Waals surface area contributed by atoms with Crippen LogP contribution in [-0.2, 0) is 4.79 Å². The molecule has 0 aliphatic carbocycles. The smallest absolute Gasteiger partial charge is 0.232 e. The monoisotopic (exact) mass is 320 g/mol. The molecular formula is C20H20N2O2. The molecule has 4 nitrogen and oxygen atoms in total. The molecule has 0 spiro atoms. The number of rotatable bonds is 3. The number of nitrogens with zero attached hydrogens (tertiary/aromatic N) is 1. The van der Waals surface area contributed by atoms with Crippen molar-refractivity contribution in [1.29, 1.82) is 0 Å². The summed E-state index contributed by atoms with van der Waals surface area (Å²) in [7, 11) is 0. The second-order valence-electron chi connectivity index (χ2n) is 6.63. The van der Waals surface area contributed by atoms with Crippen molar-refractivity contribution in [2.75, 3.05) is 5.32 Å². The molecule has 1 amide bonds. The van der Waals surface area contributed by atoms with E-state index in [4.69, 9.17) is 4.42 Å². The lowest BCUT2D eigenvalue weighted by molar-refractivity contribution is -0.123. The fourth-order valence-corrected chi connectivity index (χ4v) is 2.19. The number of amides is 1. The van der Waals surface area contributed by atoms with Crippen molar-refractivity contribution in [3.05, 3.63) is 60.7 Å². The van der Waals surface area contributed by atoms with Crippen LogP contribution in [0.15, 0.2) is 65.1 Å². The van der Waals surface area contributed by atoms with Crippen LogP contribution in [0.3, 0.4) is 0 Å². The van der Waals surface area contributed by atoms with E-state index in [9.17, 15) is 4.79 Å². The number of carbonyl (C=O) groups excluding carboxylic acids is 1. The third-order valence-electron chi connectivity index (χ3n) is 3.60. The van der Waals surface area contributed by atoms with Gasteiger partial charge in [0.05, 0.1) is 0 Å². The largest absolute Gasteiger partial charge is 0.420 e. The molecule has 122 valence electrons. The summed E-state index contributed by atoms with van der Waals surface area (Å²) in [5.41, 5.74) is 1.87. The Hall–Kier alpha value is -2.88. The van der Waals surface area contributed by atoms with Crippen molar-refractivity contribution in [1.82, 2.24) is 4.98 Å². The van der Waals surface area contributed by atoms with Crippen LogP contribution in [0.1, 0.15) is 20.8 Å². The predicted molar refractivity (Wildman–Crippen MR) is 95.5 cm³/mol. The predicted octanol–water partition coefficient (Wildman–Crippen LogP) is 4.99. The first-order valence-electron chi connectivity index (χ1n) is 7.88. The molecule has 0 atom stereocenters. The van der Waals surface area contributed by atoms with E-state index in [0.29, 0.717) is 17.5 Å². The van der Waals surface area contributed by atoms with E-state index < -0.39 is 5.41 Å². The number of benzene rings is 2. The minimum Gasteiger partial charge on any atom is -0.420 e. The Morgan fingerprint density at radius 2 is 1.46 bits per heavy atom. The van der Waals surface area contributed by atoms with E-state index >= 15 is 0 Å². The lowest BCUT2D eigenvalue weighted by Gasteiger charge is -2.16. The van der Waals surface area contributed by atoms with Gasteiger partial charge < -0.3 is 4.42 Å². The zero-order valence-corrected chi connectivity index (χ0v) is 14.0. The van der Waals surface area contributed by atoms with Gasteiger partial charge in [0.15, 0.2) is 0 Å². The van der Waals surface area contributed by atoms with Gasteiger partial charge >= 0.3 is 0 Å². The van der Waals surface area contributed by atoms with Crippen LogP contribution in [0.4, 0.5) is 5.88 Å². The highest BCUT2D eigenvalue weighted by molar-refractivity contribution is 5.96. The summed E-state index contributed by atoms with van der Waals surface area (Å²) in [6.45, 7) is 5.58. The summed E-state index contributed by atoms with van der Waals surface area (Å²) in [5, 5.41) is 2.87. The van der Waals surface area contributed by atoms with Crippen molar-refractivity contribution < 1.29 is 9.21 Å². The molecule has 0 aliphatic rings. The van der Waals surface area contributed by atoms with Crippen LogP contribution in [-0.4, -0.2) is 10.9 Å². The Morgan fingerprint density at radius 3 is 2.00 bits per heavy atom. The van der Waals surface area contributed by atoms with E-state index in [1.165, 1.54) is 0 Å². The Kier molecular flexibility index (Phi) is 4.21. The quantitative estimate of drug-likeness (QED) is 0.739. The molecule has 4 heteroatoms. The molecule has 0 fully saturated rings. The fraction of sp³-hybridized carbons (Fsp3) is 0.200. The Balaban J connectivity index is 2.05. The molecule has 0 aliphatic heterocycles. The zero-order chi connectivity index (χ0) is 17.2. The first-order valence-corrected chi connectivity index (χ1v) is 7.88. The molecule has 0 unspecified atom stereocenters. The third kappa shape index (κ3) is 3.38. The van der Waals surface area contributed by atoms with Crippen LogP contribution in [0.25, 0.3) is 22.7 Å². The maximum absolute atomic E-state index is 12.4. The molecule has 0 saturated heterocycles. The van der Waals surface area contributed by atoms with Crippen molar-refractivity contribution in [3.8, 4) is 22.7 Å². The van der Waals surface area contributed by atoms with Gasteiger partial charge in [-0.15, -0.1) is 0 Å². The summed E-state index contributed by atoms with van der Waals surface area (Å²) in [6.07, 6.45) is 0. The molecule has 3 rings (SSSR count). The summed E-state index contributed by atoms with van der Waals surface area (Å²) < 4.78 is 5.88. The lowest BCUT2D eigenvalue weighted by Crippen LogP contribution is -2.27. The molecule has 0 saturated carbocycles. The Bertz CT molecular complexity index is 831. The van der Waals surface area contributed by atoms with Gasteiger partial charge in [-0.25, -0.2) is 4.98 Å². The molecule has 3 aromatic rings. The van der Waals surface area contributed by atoms with E-state index in [2.05, 4.69) is 10.3 Å². The zero-order valence-electron chi connectivity index (χ0n) is 14.0. The van der Waals surface area contributed by atoms with Crippen LogP contribution < -0.4 is 5.32 Å². The van der Waals surface area contributed by atoms with Gasteiger partial charge in [-0.2, -0.15) is 0 Å². The molecule has 2 aromatic carbocycles. The van der Waals surface area contributed by atoms with E-state index in [1.807, 2.05) is 81.4 Å². The van der Waals surface area contributed by atoms with Crippen LogP contribution in [0.2, 0.25) is 0 Å². The summed E-state index contributed by atoms with van der Waals surface area (Å²) in [6, 6.07) is 19.3. The second-order valence-corrected chi connectivity index (χ2v) is 6.63. The van der Waals surface area contributed by atoms with Gasteiger partial charge in [0.1, 0.15) is 5.69 Å². The average molecular weight is 320 g/mol. The average Bonchev–Trinajstić information content (AvgIpc) is 2.99. The topological polar surface area (TPSA) is 55.1 Å². The summed E-state index contributed by atoms with van der Waals surface area (Å²) in [4.78, 5) is 17.0. The molecule has 1 aromatic heterocycles. The first kappa shape index (κ1) is 16.0. The van der Waals surface area contributed by atoms with Crippen molar-refractivity contribution in [2.24, 2.45) is 5.41 Å². The third-order valence-corrected chi connectivity index (χ3v) is 3.60. The minimum atomic E-state index is -0.520. The van der Waals surface area contributed by atoms with Crippen molar-refractivity contribution in [3.63, 3.8) is 0 Å². The Labute approximate surface area is 141 Å². The maximum Gasteiger partial charge on any atom is 0.232 e. The van der Waals surface area contributed by atoms with E-state index in [0.717, 1.165) is 11.1 Å². The van der Waals surface area contributed by atoms with Gasteiger partial charge in [-0.3, -0.25) is 10.1 Å². The highest BCUT2D eigenvalue weighted by Gasteiger charge is 2.25. The number of anilines is 1. The lowest BCUT2D eigenvalue weighted by atomic mass is 9.96. The summed E-state index contributed by atoms with van der Waals surface area (Å²) in [5.74, 6) is 0.745. The standard InChI is InChI=1S/C20H20N2O2/c1-20(2,3)19(23)22-18-16(14-10-6-4-7-11-14)21-17(24-18)15-12-8-5-9-13-15/h4-13H,1-3H3,(H,22,23). The number of hydrogen-bond acceptors (Lipinski definition) is 3. The van der Waals surface area contributed by atoms with Crippen molar-refractivity contribution in [2.45, 2.75) is 20.8 Å². The van der Waals surface area contributed by atoms with Gasteiger partial charge in [0.25, 0.3) is 0 Å². The molecular weight excluding hydrogens is 300 g/mol. The Morgan fingerprint density at radius 1 is 0.917 bits per heavy atom. The number of carbonyl (C=O) groups is 1. The van der Waals surface area contributed by atoms with Crippen LogP contribution in [0.5, 0.6) is 0 Å². The number of nitrogens with one attached hydrogen (secondary N) is 1. The number of aromatic nitrogens is 1. The molecule has 0 radical (unpaired) electrons. The van der Waals surface area contributed by atoms with Gasteiger partial charge in [-0.05, 0) is 12.1 Å². The van der Waals surface area contributed by atoms with Crippen molar-refractivity contribution >= 4 is 11.8 Å². The second kappa shape index (κ2) is 6.32. The van der Waals surface area contributed by atoms with Crippen LogP contribution >= 0.6 is 0 Å². The first-order chi connectivity index (χ1) is 11.4. The van der Waals surface area contributed by atoms with Gasteiger partial charge in [0, 0.05) is 16.5 Å². The minimum absolute atomic E-state index is 0.115. The molecule has 1 heterocycles.